The molecule has 1 aliphatic carbocycles. The summed E-state index contributed by atoms with van der Waals surface area (Å²) in [6.07, 6.45) is 4.93. The van der Waals surface area contributed by atoms with Gasteiger partial charge in [-0.3, -0.25) is 9.59 Å². The second kappa shape index (κ2) is 6.32. The zero-order valence-corrected chi connectivity index (χ0v) is 14.8. The van der Waals surface area contributed by atoms with Crippen molar-refractivity contribution in [3.8, 4) is 0 Å². The van der Waals surface area contributed by atoms with Gasteiger partial charge in [0.2, 0.25) is 5.91 Å². The van der Waals surface area contributed by atoms with E-state index in [0.29, 0.717) is 6.42 Å². The zero-order valence-electron chi connectivity index (χ0n) is 12.4. The van der Waals surface area contributed by atoms with E-state index in [0.717, 1.165) is 49.0 Å². The molecule has 6 heteroatoms. The zero-order chi connectivity index (χ0) is 15.7. The van der Waals surface area contributed by atoms with Crippen molar-refractivity contribution >= 4 is 39.1 Å². The fourth-order valence-corrected chi connectivity index (χ4v) is 5.03. The van der Waals surface area contributed by atoms with Crippen molar-refractivity contribution in [3.05, 3.63) is 20.8 Å². The molecule has 1 N–H and O–H groups in total. The molecule has 2 fully saturated rings. The molecule has 0 radical (unpaired) electrons. The molecular weight excluding hydrogens is 366 g/mol. The van der Waals surface area contributed by atoms with Crippen LogP contribution in [0, 0.1) is 11.3 Å². The molecule has 1 saturated carbocycles. The van der Waals surface area contributed by atoms with Crippen LogP contribution in [0.3, 0.4) is 0 Å². The third-order valence-corrected chi connectivity index (χ3v) is 6.73. The fourth-order valence-electron chi connectivity index (χ4n) is 3.51. The van der Waals surface area contributed by atoms with Crippen LogP contribution in [0.4, 0.5) is 0 Å². The molecule has 4 nitrogen and oxygen atoms in total. The highest BCUT2D eigenvalue weighted by Gasteiger charge is 2.59. The van der Waals surface area contributed by atoms with E-state index in [1.807, 2.05) is 11.0 Å². The number of aliphatic carboxylic acids is 1. The molecule has 0 bridgehead atoms. The number of rotatable bonds is 5. The summed E-state index contributed by atoms with van der Waals surface area (Å²) in [5, 5.41) is 9.09. The van der Waals surface area contributed by atoms with Gasteiger partial charge in [0.1, 0.15) is 0 Å². The topological polar surface area (TPSA) is 57.6 Å². The summed E-state index contributed by atoms with van der Waals surface area (Å²) >= 11 is 5.17. The third-order valence-electron chi connectivity index (χ3n) is 5.04. The maximum atomic E-state index is 12.2. The van der Waals surface area contributed by atoms with Crippen molar-refractivity contribution in [1.29, 1.82) is 0 Å². The molecule has 1 aromatic rings. The van der Waals surface area contributed by atoms with Gasteiger partial charge >= 0.3 is 5.97 Å². The van der Waals surface area contributed by atoms with Gasteiger partial charge in [0.05, 0.1) is 9.70 Å². The molecule has 0 aromatic carbocycles. The molecule has 1 saturated heterocycles. The first-order valence-electron chi connectivity index (χ1n) is 7.75. The lowest BCUT2D eigenvalue weighted by molar-refractivity contribution is -0.139. The summed E-state index contributed by atoms with van der Waals surface area (Å²) in [5.41, 5.74) is 0.00581. The number of thiophene rings is 1. The highest BCUT2D eigenvalue weighted by molar-refractivity contribution is 9.11. The first kappa shape index (κ1) is 16.0. The van der Waals surface area contributed by atoms with E-state index in [1.165, 1.54) is 4.88 Å². The Morgan fingerprint density at radius 2 is 2.09 bits per heavy atom. The lowest BCUT2D eigenvalue weighted by Gasteiger charge is -2.32. The maximum Gasteiger partial charge on any atom is 0.307 e. The van der Waals surface area contributed by atoms with Gasteiger partial charge in [0.15, 0.2) is 0 Å². The van der Waals surface area contributed by atoms with Crippen LogP contribution in [-0.2, 0) is 16.0 Å². The van der Waals surface area contributed by atoms with Crippen LogP contribution in [-0.4, -0.2) is 35.0 Å². The highest BCUT2D eigenvalue weighted by Crippen LogP contribution is 2.59. The minimum absolute atomic E-state index is 0.00581. The van der Waals surface area contributed by atoms with Gasteiger partial charge in [0, 0.05) is 24.4 Å². The average molecular weight is 386 g/mol. The Bertz CT molecular complexity index is 578. The Balaban J connectivity index is 1.40. The lowest BCUT2D eigenvalue weighted by Crippen LogP contribution is -2.39. The molecule has 2 heterocycles. The summed E-state index contributed by atoms with van der Waals surface area (Å²) in [4.78, 5) is 26.5. The van der Waals surface area contributed by atoms with E-state index < -0.39 is 5.97 Å². The second-order valence-corrected chi connectivity index (χ2v) is 8.95. The van der Waals surface area contributed by atoms with Gasteiger partial charge in [-0.05, 0) is 65.6 Å². The molecule has 22 heavy (non-hydrogen) atoms. The van der Waals surface area contributed by atoms with Gasteiger partial charge in [-0.15, -0.1) is 11.3 Å². The van der Waals surface area contributed by atoms with Crippen molar-refractivity contribution < 1.29 is 14.7 Å². The van der Waals surface area contributed by atoms with Crippen molar-refractivity contribution in [2.24, 2.45) is 11.3 Å². The molecule has 1 atom stereocenters. The number of carbonyl (C=O) groups excluding carboxylic acids is 1. The molecule has 1 unspecified atom stereocenters. The first-order valence-corrected chi connectivity index (χ1v) is 9.36. The fraction of sp³-hybridized carbons (Fsp3) is 0.625. The Labute approximate surface area is 142 Å². The van der Waals surface area contributed by atoms with E-state index >= 15 is 0 Å². The number of piperidine rings is 1. The van der Waals surface area contributed by atoms with E-state index in [1.54, 1.807) is 11.3 Å². The predicted octanol–water partition coefficient (Wildman–Crippen LogP) is 3.55. The number of hydrogen-bond donors (Lipinski definition) is 1. The number of carboxylic acids is 1. The summed E-state index contributed by atoms with van der Waals surface area (Å²) in [5.74, 6) is -0.609. The Morgan fingerprint density at radius 3 is 2.64 bits per heavy atom. The summed E-state index contributed by atoms with van der Waals surface area (Å²) in [6, 6.07) is 4.14. The van der Waals surface area contributed by atoms with E-state index in [-0.39, 0.29) is 17.2 Å². The maximum absolute atomic E-state index is 12.2. The molecule has 1 amide bonds. The smallest absolute Gasteiger partial charge is 0.307 e. The van der Waals surface area contributed by atoms with Crippen LogP contribution in [0.15, 0.2) is 15.9 Å². The number of carbonyl (C=O) groups is 2. The molecule has 3 rings (SSSR count). The number of hydrogen-bond acceptors (Lipinski definition) is 3. The minimum Gasteiger partial charge on any atom is -0.481 e. The van der Waals surface area contributed by atoms with Crippen LogP contribution in [0.5, 0.6) is 0 Å². The van der Waals surface area contributed by atoms with Gasteiger partial charge in [-0.2, -0.15) is 0 Å². The Hall–Kier alpha value is -0.880. The van der Waals surface area contributed by atoms with Gasteiger partial charge in [-0.1, -0.05) is 0 Å². The SMILES string of the molecule is O=C(O)C1CC12CCN(C(=O)CCCc1ccc(Br)s1)CC2. The van der Waals surface area contributed by atoms with Crippen molar-refractivity contribution in [1.82, 2.24) is 4.90 Å². The average Bonchev–Trinajstić information content (AvgIpc) is 3.03. The number of aryl methyl sites for hydroxylation is 1. The second-order valence-electron chi connectivity index (χ2n) is 6.40. The van der Waals surface area contributed by atoms with Gasteiger partial charge in [0.25, 0.3) is 0 Å². The summed E-state index contributed by atoms with van der Waals surface area (Å²) in [6.45, 7) is 1.46. The predicted molar refractivity (Wildman–Crippen MR) is 88.9 cm³/mol. The minimum atomic E-state index is -0.665. The molecule has 1 aliphatic heterocycles. The van der Waals surface area contributed by atoms with E-state index in [2.05, 4.69) is 22.0 Å². The lowest BCUT2D eigenvalue weighted by atomic mass is 9.90. The largest absolute Gasteiger partial charge is 0.481 e. The Morgan fingerprint density at radius 1 is 1.36 bits per heavy atom. The van der Waals surface area contributed by atoms with Crippen LogP contribution >= 0.6 is 27.3 Å². The molecule has 2 aliphatic rings. The number of amides is 1. The number of halogens is 1. The van der Waals surface area contributed by atoms with Crippen LogP contribution in [0.2, 0.25) is 0 Å². The first-order chi connectivity index (χ1) is 10.5. The summed E-state index contributed by atoms with van der Waals surface area (Å²) < 4.78 is 1.13. The normalized spacial score (nSPS) is 22.8. The van der Waals surface area contributed by atoms with E-state index in [9.17, 15) is 9.59 Å². The number of nitrogens with zero attached hydrogens (tertiary/aromatic N) is 1. The van der Waals surface area contributed by atoms with Crippen LogP contribution in [0.25, 0.3) is 0 Å². The molecule has 1 aromatic heterocycles. The summed E-state index contributed by atoms with van der Waals surface area (Å²) in [7, 11) is 0. The molecule has 1 spiro atoms. The van der Waals surface area contributed by atoms with Crippen molar-refractivity contribution in [3.63, 3.8) is 0 Å². The number of carboxylic acid groups (broad SMARTS) is 1. The standard InChI is InChI=1S/C16H20BrNO3S/c17-13-5-4-11(22-13)2-1-3-14(19)18-8-6-16(7-9-18)10-12(16)15(20)21/h4-5,12H,1-3,6-10H2,(H,20,21). The highest BCUT2D eigenvalue weighted by atomic mass is 79.9. The van der Waals surface area contributed by atoms with Crippen molar-refractivity contribution in [2.45, 2.75) is 38.5 Å². The monoisotopic (exact) mass is 385 g/mol. The third kappa shape index (κ3) is 3.38. The van der Waals surface area contributed by atoms with Crippen LogP contribution in [0.1, 0.15) is 37.0 Å². The van der Waals surface area contributed by atoms with Crippen LogP contribution < -0.4 is 0 Å². The molecular formula is C16H20BrNO3S. The quantitative estimate of drug-likeness (QED) is 0.842. The van der Waals surface area contributed by atoms with Gasteiger partial charge in [-0.25, -0.2) is 0 Å². The Kier molecular flexibility index (Phi) is 4.59. The van der Waals surface area contributed by atoms with Crippen molar-refractivity contribution in [2.75, 3.05) is 13.1 Å². The van der Waals surface area contributed by atoms with Gasteiger partial charge < -0.3 is 10.0 Å². The number of likely N-dealkylation sites (tertiary alicyclic amines) is 1. The molecule has 120 valence electrons. The van der Waals surface area contributed by atoms with E-state index in [4.69, 9.17) is 5.11 Å².